The van der Waals surface area contributed by atoms with Crippen LogP contribution in [0.2, 0.25) is 5.02 Å². The molecule has 10 heteroatoms. The SMILES string of the molecule is O=S(=O)(c1ccc(Cl)cc1)c1nc(-c2ccc(F)cc2)oc1NCc1ccc2c(c1)OCO2. The van der Waals surface area contributed by atoms with Gasteiger partial charge in [-0.25, -0.2) is 12.8 Å². The number of ether oxygens (including phenoxy) is 2. The van der Waals surface area contributed by atoms with Crippen molar-refractivity contribution in [2.45, 2.75) is 16.5 Å². The Morgan fingerprint density at radius 2 is 1.70 bits per heavy atom. The Bertz CT molecular complexity index is 1420. The summed E-state index contributed by atoms with van der Waals surface area (Å²) >= 11 is 5.90. The second kappa shape index (κ2) is 8.42. The second-order valence-corrected chi connectivity index (χ2v) is 9.46. The van der Waals surface area contributed by atoms with Crippen molar-refractivity contribution in [2.24, 2.45) is 0 Å². The molecule has 0 aliphatic carbocycles. The Morgan fingerprint density at radius 1 is 0.970 bits per heavy atom. The lowest BCUT2D eigenvalue weighted by Crippen LogP contribution is -2.07. The molecule has 0 bridgehead atoms. The summed E-state index contributed by atoms with van der Waals surface area (Å²) in [5, 5.41) is 3.12. The first-order valence-corrected chi connectivity index (χ1v) is 11.7. The minimum absolute atomic E-state index is 0.0111. The average Bonchev–Trinajstić information content (AvgIpc) is 3.45. The third-order valence-electron chi connectivity index (χ3n) is 4.96. The molecular formula is C23H16ClFN2O5S. The van der Waals surface area contributed by atoms with Gasteiger partial charge in [-0.05, 0) is 66.2 Å². The summed E-state index contributed by atoms with van der Waals surface area (Å²) in [7, 11) is -4.04. The van der Waals surface area contributed by atoms with Crippen LogP contribution < -0.4 is 14.8 Å². The molecule has 1 N–H and O–H groups in total. The molecule has 0 unspecified atom stereocenters. The normalized spacial score (nSPS) is 12.7. The van der Waals surface area contributed by atoms with Crippen LogP contribution in [0.5, 0.6) is 11.5 Å². The highest BCUT2D eigenvalue weighted by Gasteiger charge is 2.28. The largest absolute Gasteiger partial charge is 0.454 e. The molecule has 1 aliphatic heterocycles. The molecule has 1 aromatic heterocycles. The molecule has 4 aromatic rings. The van der Waals surface area contributed by atoms with Crippen molar-refractivity contribution in [3.63, 3.8) is 0 Å². The van der Waals surface area contributed by atoms with Gasteiger partial charge < -0.3 is 19.2 Å². The van der Waals surface area contributed by atoms with E-state index in [0.717, 1.165) is 5.56 Å². The van der Waals surface area contributed by atoms with E-state index in [0.29, 0.717) is 22.1 Å². The molecule has 0 saturated carbocycles. The first-order valence-electron chi connectivity index (χ1n) is 9.80. The molecular weight excluding hydrogens is 471 g/mol. The summed E-state index contributed by atoms with van der Waals surface area (Å²) in [6.07, 6.45) is 0. The van der Waals surface area contributed by atoms with E-state index in [1.807, 2.05) is 6.07 Å². The molecule has 7 nitrogen and oxygen atoms in total. The van der Waals surface area contributed by atoms with E-state index in [9.17, 15) is 12.8 Å². The fraction of sp³-hybridized carbons (Fsp3) is 0.0870. The summed E-state index contributed by atoms with van der Waals surface area (Å²) in [4.78, 5) is 4.24. The number of sulfone groups is 1. The molecule has 3 aromatic carbocycles. The predicted octanol–water partition coefficient (Wildman–Crippen LogP) is 5.31. The smallest absolute Gasteiger partial charge is 0.234 e. The number of nitrogens with zero attached hydrogens (tertiary/aromatic N) is 1. The molecule has 2 heterocycles. The maximum Gasteiger partial charge on any atom is 0.234 e. The molecule has 0 atom stereocenters. The first kappa shape index (κ1) is 21.3. The molecule has 0 saturated heterocycles. The summed E-state index contributed by atoms with van der Waals surface area (Å²) in [5.41, 5.74) is 1.24. The number of aromatic nitrogens is 1. The van der Waals surface area contributed by atoms with Gasteiger partial charge in [0.25, 0.3) is 0 Å². The fourth-order valence-electron chi connectivity index (χ4n) is 3.27. The lowest BCUT2D eigenvalue weighted by Gasteiger charge is -2.07. The number of nitrogens with one attached hydrogen (secondary N) is 1. The van der Waals surface area contributed by atoms with Crippen LogP contribution in [-0.2, 0) is 16.4 Å². The topological polar surface area (TPSA) is 90.7 Å². The van der Waals surface area contributed by atoms with Crippen LogP contribution in [0.15, 0.2) is 81.1 Å². The number of hydrogen-bond acceptors (Lipinski definition) is 7. The van der Waals surface area contributed by atoms with Crippen molar-refractivity contribution in [2.75, 3.05) is 12.1 Å². The fourth-order valence-corrected chi connectivity index (χ4v) is 4.68. The van der Waals surface area contributed by atoms with Crippen molar-refractivity contribution in [3.05, 3.63) is 83.1 Å². The average molecular weight is 487 g/mol. The Balaban J connectivity index is 1.52. The molecule has 0 radical (unpaired) electrons. The van der Waals surface area contributed by atoms with Gasteiger partial charge in [0.05, 0.1) is 4.90 Å². The van der Waals surface area contributed by atoms with E-state index in [4.69, 9.17) is 25.5 Å². The Labute approximate surface area is 193 Å². The van der Waals surface area contributed by atoms with Gasteiger partial charge in [0.2, 0.25) is 33.4 Å². The van der Waals surface area contributed by atoms with E-state index < -0.39 is 15.7 Å². The van der Waals surface area contributed by atoms with Crippen LogP contribution in [-0.4, -0.2) is 20.2 Å². The second-order valence-electron chi connectivity index (χ2n) is 7.16. The van der Waals surface area contributed by atoms with E-state index in [1.54, 1.807) is 12.1 Å². The number of benzene rings is 3. The van der Waals surface area contributed by atoms with Crippen LogP contribution in [0, 0.1) is 5.82 Å². The van der Waals surface area contributed by atoms with Gasteiger partial charge in [0.15, 0.2) is 11.5 Å². The standard InChI is InChI=1S/C23H16ClFN2O5S/c24-16-4-8-18(9-5-16)33(28,29)23-22(32-21(27-23)15-2-6-17(25)7-3-15)26-12-14-1-10-19-20(11-14)31-13-30-19/h1-11,26H,12-13H2. The highest BCUT2D eigenvalue weighted by Crippen LogP contribution is 2.35. The highest BCUT2D eigenvalue weighted by molar-refractivity contribution is 7.91. The Morgan fingerprint density at radius 3 is 2.45 bits per heavy atom. The van der Waals surface area contributed by atoms with Crippen molar-refractivity contribution in [1.82, 2.24) is 4.98 Å². The van der Waals surface area contributed by atoms with Crippen LogP contribution in [0.25, 0.3) is 11.5 Å². The molecule has 0 amide bonds. The van der Waals surface area contributed by atoms with Gasteiger partial charge in [-0.1, -0.05) is 17.7 Å². The van der Waals surface area contributed by atoms with Crippen LogP contribution >= 0.6 is 11.6 Å². The number of fused-ring (bicyclic) bond motifs is 1. The molecule has 33 heavy (non-hydrogen) atoms. The number of hydrogen-bond donors (Lipinski definition) is 1. The lowest BCUT2D eigenvalue weighted by atomic mass is 10.2. The summed E-state index contributed by atoms with van der Waals surface area (Å²) < 4.78 is 56.5. The third kappa shape index (κ3) is 4.24. The van der Waals surface area contributed by atoms with Crippen molar-refractivity contribution in [1.29, 1.82) is 0 Å². The monoisotopic (exact) mass is 486 g/mol. The van der Waals surface area contributed by atoms with Gasteiger partial charge in [-0.3, -0.25) is 0 Å². The maximum absolute atomic E-state index is 13.3. The number of oxazole rings is 1. The van der Waals surface area contributed by atoms with E-state index >= 15 is 0 Å². The lowest BCUT2D eigenvalue weighted by molar-refractivity contribution is 0.174. The summed E-state index contributed by atoms with van der Waals surface area (Å²) in [5.74, 6) is 0.814. The zero-order chi connectivity index (χ0) is 23.0. The Kier molecular flexibility index (Phi) is 5.43. The van der Waals surface area contributed by atoms with E-state index in [1.165, 1.54) is 48.5 Å². The third-order valence-corrected chi connectivity index (χ3v) is 6.89. The first-order chi connectivity index (χ1) is 15.9. The van der Waals surface area contributed by atoms with E-state index in [-0.39, 0.29) is 35.0 Å². The van der Waals surface area contributed by atoms with Crippen LogP contribution in [0.3, 0.4) is 0 Å². The summed E-state index contributed by atoms with van der Waals surface area (Å²) in [6, 6.07) is 16.5. The van der Waals surface area contributed by atoms with Gasteiger partial charge in [0, 0.05) is 17.1 Å². The van der Waals surface area contributed by atoms with Gasteiger partial charge >= 0.3 is 0 Å². The predicted molar refractivity (Wildman–Crippen MR) is 119 cm³/mol. The highest BCUT2D eigenvalue weighted by atomic mass is 35.5. The zero-order valence-electron chi connectivity index (χ0n) is 16.9. The van der Waals surface area contributed by atoms with Crippen molar-refractivity contribution in [3.8, 4) is 23.0 Å². The maximum atomic E-state index is 13.3. The quantitative estimate of drug-likeness (QED) is 0.395. The van der Waals surface area contributed by atoms with Gasteiger partial charge in [-0.2, -0.15) is 4.98 Å². The van der Waals surface area contributed by atoms with Crippen LogP contribution in [0.1, 0.15) is 5.56 Å². The van der Waals surface area contributed by atoms with Crippen molar-refractivity contribution >= 4 is 27.3 Å². The molecule has 5 rings (SSSR count). The Hall–Kier alpha value is -3.56. The molecule has 1 aliphatic rings. The number of anilines is 1. The molecule has 168 valence electrons. The number of halogens is 2. The minimum atomic E-state index is -4.04. The number of rotatable bonds is 6. The van der Waals surface area contributed by atoms with Gasteiger partial charge in [-0.15, -0.1) is 0 Å². The molecule has 0 spiro atoms. The van der Waals surface area contributed by atoms with Gasteiger partial charge in [0.1, 0.15) is 5.82 Å². The summed E-state index contributed by atoms with van der Waals surface area (Å²) in [6.45, 7) is 0.386. The van der Waals surface area contributed by atoms with Crippen molar-refractivity contribution < 1.29 is 26.7 Å². The van der Waals surface area contributed by atoms with Crippen LogP contribution in [0.4, 0.5) is 10.3 Å². The van der Waals surface area contributed by atoms with E-state index in [2.05, 4.69) is 10.3 Å². The molecule has 0 fully saturated rings. The minimum Gasteiger partial charge on any atom is -0.454 e. The zero-order valence-corrected chi connectivity index (χ0v) is 18.5.